The highest BCUT2D eigenvalue weighted by Gasteiger charge is 2.13. The zero-order valence-corrected chi connectivity index (χ0v) is 16.9. The molecule has 0 atom stereocenters. The molecule has 6 heteroatoms. The number of ether oxygens (including phenoxy) is 1. The summed E-state index contributed by atoms with van der Waals surface area (Å²) in [5.74, 6) is 1.17. The minimum absolute atomic E-state index is 0.0679. The molecule has 0 saturated carbocycles. The van der Waals surface area contributed by atoms with Crippen LogP contribution in [0.1, 0.15) is 17.3 Å². The Morgan fingerprint density at radius 2 is 1.86 bits per heavy atom. The molecule has 0 fully saturated rings. The van der Waals surface area contributed by atoms with E-state index >= 15 is 0 Å². The lowest BCUT2D eigenvalue weighted by Gasteiger charge is -2.05. The van der Waals surface area contributed by atoms with Gasteiger partial charge in [0.2, 0.25) is 0 Å². The van der Waals surface area contributed by atoms with Crippen LogP contribution in [0.2, 0.25) is 0 Å². The van der Waals surface area contributed by atoms with E-state index in [1.807, 2.05) is 49.4 Å². The van der Waals surface area contributed by atoms with Crippen molar-refractivity contribution in [3.63, 3.8) is 0 Å². The van der Waals surface area contributed by atoms with E-state index in [-0.39, 0.29) is 5.78 Å². The van der Waals surface area contributed by atoms with Gasteiger partial charge in [-0.2, -0.15) is 0 Å². The van der Waals surface area contributed by atoms with Crippen molar-refractivity contribution in [2.45, 2.75) is 11.9 Å². The third-order valence-corrected chi connectivity index (χ3v) is 6.28. The zero-order valence-electron chi connectivity index (χ0n) is 15.3. The summed E-state index contributed by atoms with van der Waals surface area (Å²) in [5.41, 5.74) is 1.84. The average Bonchev–Trinajstić information content (AvgIpc) is 3.18. The second-order valence-electron chi connectivity index (χ2n) is 6.04. The lowest BCUT2D eigenvalue weighted by molar-refractivity contribution is 0.102. The summed E-state index contributed by atoms with van der Waals surface area (Å²) in [7, 11) is 0. The maximum absolute atomic E-state index is 12.5. The van der Waals surface area contributed by atoms with Crippen LogP contribution < -0.4 is 4.74 Å². The molecule has 0 saturated heterocycles. The van der Waals surface area contributed by atoms with Crippen LogP contribution in [0.3, 0.4) is 0 Å². The lowest BCUT2D eigenvalue weighted by atomic mass is 10.1. The van der Waals surface area contributed by atoms with Gasteiger partial charge < -0.3 is 4.74 Å². The Hall–Kier alpha value is -2.70. The van der Waals surface area contributed by atoms with Crippen molar-refractivity contribution in [2.75, 3.05) is 12.4 Å². The molecule has 0 aliphatic heterocycles. The van der Waals surface area contributed by atoms with Crippen molar-refractivity contribution in [3.8, 4) is 16.2 Å². The molecule has 2 aromatic carbocycles. The van der Waals surface area contributed by atoms with Crippen molar-refractivity contribution in [1.29, 1.82) is 0 Å². The molecule has 4 nitrogen and oxygen atoms in total. The van der Waals surface area contributed by atoms with Gasteiger partial charge in [-0.25, -0.2) is 9.97 Å². The van der Waals surface area contributed by atoms with Crippen LogP contribution in [0.4, 0.5) is 0 Å². The molecule has 0 radical (unpaired) electrons. The van der Waals surface area contributed by atoms with Crippen molar-refractivity contribution in [3.05, 3.63) is 72.6 Å². The number of hydrogen-bond donors (Lipinski definition) is 0. The Labute approximate surface area is 171 Å². The molecule has 0 aliphatic carbocycles. The molecule has 0 unspecified atom stereocenters. The number of benzene rings is 2. The summed E-state index contributed by atoms with van der Waals surface area (Å²) in [6.45, 7) is 2.55. The van der Waals surface area contributed by atoms with Crippen LogP contribution in [0.15, 0.2) is 72.0 Å². The molecule has 2 heterocycles. The van der Waals surface area contributed by atoms with Gasteiger partial charge in [0, 0.05) is 15.8 Å². The Morgan fingerprint density at radius 1 is 1.07 bits per heavy atom. The molecule has 4 aromatic rings. The molecular weight excluding hydrogens is 388 g/mol. The van der Waals surface area contributed by atoms with Crippen molar-refractivity contribution < 1.29 is 9.53 Å². The molecule has 0 bridgehead atoms. The summed E-state index contributed by atoms with van der Waals surface area (Å²) in [5, 5.41) is 1.83. The van der Waals surface area contributed by atoms with Crippen molar-refractivity contribution in [1.82, 2.24) is 9.97 Å². The van der Waals surface area contributed by atoms with Gasteiger partial charge in [0.15, 0.2) is 5.78 Å². The van der Waals surface area contributed by atoms with Crippen LogP contribution in [0.25, 0.3) is 20.7 Å². The third-order valence-electron chi connectivity index (χ3n) is 4.18. The molecule has 0 N–H and O–H groups in total. The van der Waals surface area contributed by atoms with E-state index in [0.717, 1.165) is 31.4 Å². The Kier molecular flexibility index (Phi) is 5.69. The van der Waals surface area contributed by atoms with Crippen LogP contribution >= 0.6 is 23.1 Å². The minimum Gasteiger partial charge on any atom is -0.494 e. The van der Waals surface area contributed by atoms with E-state index in [0.29, 0.717) is 17.9 Å². The quantitative estimate of drug-likeness (QED) is 0.223. The fraction of sp³-hybridized carbons (Fsp3) is 0.136. The Balaban J connectivity index is 1.51. The topological polar surface area (TPSA) is 52.1 Å². The van der Waals surface area contributed by atoms with Gasteiger partial charge in [-0.05, 0) is 42.8 Å². The predicted molar refractivity (Wildman–Crippen MR) is 116 cm³/mol. The number of fused-ring (bicyclic) bond motifs is 1. The van der Waals surface area contributed by atoms with E-state index in [9.17, 15) is 4.79 Å². The van der Waals surface area contributed by atoms with Gasteiger partial charge in [-0.1, -0.05) is 42.1 Å². The number of aromatic nitrogens is 2. The number of thioether (sulfide) groups is 1. The SMILES string of the molecule is CCOc1ccc(C(=O)CSc2ncnc3sc(-c4ccccc4)cc23)cc1. The van der Waals surface area contributed by atoms with Crippen molar-refractivity contribution >= 4 is 39.1 Å². The molecule has 2 aromatic heterocycles. The summed E-state index contributed by atoms with van der Waals surface area (Å²) < 4.78 is 5.42. The normalized spacial score (nSPS) is 10.9. The van der Waals surface area contributed by atoms with Crippen LogP contribution in [0.5, 0.6) is 5.75 Å². The van der Waals surface area contributed by atoms with E-state index in [2.05, 4.69) is 28.2 Å². The maximum Gasteiger partial charge on any atom is 0.173 e. The first-order valence-corrected chi connectivity index (χ1v) is 10.7. The van der Waals surface area contributed by atoms with Gasteiger partial charge in [0.05, 0.1) is 12.4 Å². The number of Topliss-reactive ketones (excluding diaryl/α,β-unsaturated/α-hetero) is 1. The lowest BCUT2D eigenvalue weighted by Crippen LogP contribution is -2.03. The molecule has 4 rings (SSSR count). The van der Waals surface area contributed by atoms with Gasteiger partial charge >= 0.3 is 0 Å². The predicted octanol–water partition coefficient (Wildman–Crippen LogP) is 5.73. The number of thiophene rings is 1. The van der Waals surface area contributed by atoms with E-state index in [1.54, 1.807) is 17.7 Å². The summed E-state index contributed by atoms with van der Waals surface area (Å²) in [6.07, 6.45) is 1.57. The molecule has 0 aliphatic rings. The number of rotatable bonds is 7. The van der Waals surface area contributed by atoms with Crippen LogP contribution in [-0.2, 0) is 0 Å². The Bertz CT molecular complexity index is 1090. The first-order valence-electron chi connectivity index (χ1n) is 8.93. The van der Waals surface area contributed by atoms with Gasteiger partial charge in [-0.15, -0.1) is 11.3 Å². The Morgan fingerprint density at radius 3 is 2.61 bits per heavy atom. The second kappa shape index (κ2) is 8.54. The van der Waals surface area contributed by atoms with Gasteiger partial charge in [-0.3, -0.25) is 4.79 Å². The van der Waals surface area contributed by atoms with Gasteiger partial charge in [0.25, 0.3) is 0 Å². The standard InChI is InChI=1S/C22H18N2O2S2/c1-2-26-17-10-8-15(9-11-17)19(25)13-27-21-18-12-20(16-6-4-3-5-7-16)28-22(18)24-14-23-21/h3-12,14H,2,13H2,1H3. The summed E-state index contributed by atoms with van der Waals surface area (Å²) >= 11 is 3.09. The fourth-order valence-corrected chi connectivity index (χ4v) is 4.75. The first kappa shape index (κ1) is 18.7. The smallest absolute Gasteiger partial charge is 0.173 e. The fourth-order valence-electron chi connectivity index (χ4n) is 2.81. The third kappa shape index (κ3) is 4.08. The second-order valence-corrected chi connectivity index (χ2v) is 8.04. The summed E-state index contributed by atoms with van der Waals surface area (Å²) in [6, 6.07) is 19.6. The number of nitrogens with zero attached hydrogens (tertiary/aromatic N) is 2. The number of carbonyl (C=O) groups excluding carboxylic acids is 1. The monoisotopic (exact) mass is 406 g/mol. The van der Waals surface area contributed by atoms with E-state index < -0.39 is 0 Å². The van der Waals surface area contributed by atoms with Crippen molar-refractivity contribution in [2.24, 2.45) is 0 Å². The molecular formula is C22H18N2O2S2. The first-order chi connectivity index (χ1) is 13.7. The number of hydrogen-bond acceptors (Lipinski definition) is 6. The molecule has 28 heavy (non-hydrogen) atoms. The summed E-state index contributed by atoms with van der Waals surface area (Å²) in [4.78, 5) is 23.4. The number of carbonyl (C=O) groups is 1. The molecule has 140 valence electrons. The van der Waals surface area contributed by atoms with E-state index in [1.165, 1.54) is 11.8 Å². The maximum atomic E-state index is 12.5. The number of ketones is 1. The van der Waals surface area contributed by atoms with Crippen LogP contribution in [-0.4, -0.2) is 28.1 Å². The molecule has 0 amide bonds. The average molecular weight is 407 g/mol. The highest BCUT2D eigenvalue weighted by atomic mass is 32.2. The zero-order chi connectivity index (χ0) is 19.3. The molecule has 0 spiro atoms. The van der Waals surface area contributed by atoms with Gasteiger partial charge in [0.1, 0.15) is 21.9 Å². The van der Waals surface area contributed by atoms with E-state index in [4.69, 9.17) is 4.74 Å². The largest absolute Gasteiger partial charge is 0.494 e. The van der Waals surface area contributed by atoms with Crippen LogP contribution in [0, 0.1) is 0 Å². The highest BCUT2D eigenvalue weighted by molar-refractivity contribution is 8.00. The minimum atomic E-state index is 0.0679. The highest BCUT2D eigenvalue weighted by Crippen LogP contribution is 2.36.